The first-order valence-corrected chi connectivity index (χ1v) is 5.07. The fourth-order valence-electron chi connectivity index (χ4n) is 1.06. The highest BCUT2D eigenvalue weighted by Gasteiger charge is 2.19. The summed E-state index contributed by atoms with van der Waals surface area (Å²) in [4.78, 5) is 8.49. The zero-order valence-corrected chi connectivity index (χ0v) is 9.82. The van der Waals surface area contributed by atoms with Gasteiger partial charge in [0, 0.05) is 11.5 Å². The first kappa shape index (κ1) is 12.7. The summed E-state index contributed by atoms with van der Waals surface area (Å²) in [5, 5.41) is 8.67. The average Bonchev–Trinajstić information content (AvgIpc) is 2.24. The first-order valence-electron chi connectivity index (χ1n) is 5.07. The van der Waals surface area contributed by atoms with E-state index in [0.29, 0.717) is 17.5 Å². The highest BCUT2D eigenvalue weighted by atomic mass is 16.5. The summed E-state index contributed by atoms with van der Waals surface area (Å²) in [5.74, 6) is 6.85. The van der Waals surface area contributed by atoms with Gasteiger partial charge in [-0.1, -0.05) is 20.8 Å². The molecule has 0 bridgehead atoms. The van der Waals surface area contributed by atoms with E-state index in [9.17, 15) is 0 Å². The third-order valence-electron chi connectivity index (χ3n) is 1.86. The van der Waals surface area contributed by atoms with Crippen molar-refractivity contribution in [2.75, 3.05) is 18.6 Å². The lowest BCUT2D eigenvalue weighted by atomic mass is 9.96. The molecule has 1 rings (SSSR count). The van der Waals surface area contributed by atoms with Gasteiger partial charge in [-0.15, -0.1) is 0 Å². The Kier molecular flexibility index (Phi) is 4.03. The lowest BCUT2D eigenvalue weighted by Crippen LogP contribution is -2.19. The standard InChI is InChI=1S/C10H18N4O2/c1-10(2,3)9-12-7(14-11)6-8(13-9)16-5-4-15/h6,15H,4-5,11H2,1-3H3,(H,12,13,14). The summed E-state index contributed by atoms with van der Waals surface area (Å²) in [6, 6.07) is 1.59. The number of ether oxygens (including phenoxy) is 1. The lowest BCUT2D eigenvalue weighted by Gasteiger charge is -2.18. The largest absolute Gasteiger partial charge is 0.475 e. The van der Waals surface area contributed by atoms with Gasteiger partial charge in [-0.2, -0.15) is 4.98 Å². The van der Waals surface area contributed by atoms with Crippen LogP contribution in [-0.4, -0.2) is 28.3 Å². The molecule has 16 heavy (non-hydrogen) atoms. The fourth-order valence-corrected chi connectivity index (χ4v) is 1.06. The minimum Gasteiger partial charge on any atom is -0.475 e. The van der Waals surface area contributed by atoms with Crippen molar-refractivity contribution in [3.05, 3.63) is 11.9 Å². The number of hydrogen-bond acceptors (Lipinski definition) is 6. The Morgan fingerprint density at radius 1 is 1.44 bits per heavy atom. The highest BCUT2D eigenvalue weighted by molar-refractivity contribution is 5.37. The number of aliphatic hydroxyl groups is 1. The molecule has 0 radical (unpaired) electrons. The zero-order valence-electron chi connectivity index (χ0n) is 9.82. The summed E-state index contributed by atoms with van der Waals surface area (Å²) < 4.78 is 5.24. The maximum Gasteiger partial charge on any atom is 0.218 e. The second kappa shape index (κ2) is 5.09. The summed E-state index contributed by atoms with van der Waals surface area (Å²) in [6.45, 7) is 6.14. The van der Waals surface area contributed by atoms with E-state index in [4.69, 9.17) is 15.7 Å². The van der Waals surface area contributed by atoms with E-state index in [0.717, 1.165) is 0 Å². The van der Waals surface area contributed by atoms with Crippen molar-refractivity contribution < 1.29 is 9.84 Å². The minimum absolute atomic E-state index is 0.0553. The van der Waals surface area contributed by atoms with Crippen molar-refractivity contribution in [2.24, 2.45) is 5.84 Å². The molecule has 90 valence electrons. The molecule has 6 nitrogen and oxygen atoms in total. The third kappa shape index (κ3) is 3.32. The van der Waals surface area contributed by atoms with Crippen molar-refractivity contribution in [1.29, 1.82) is 0 Å². The number of nitrogen functional groups attached to an aromatic ring is 1. The van der Waals surface area contributed by atoms with Crippen LogP contribution < -0.4 is 16.0 Å². The molecule has 0 saturated heterocycles. The predicted octanol–water partition coefficient (Wildman–Crippen LogP) is 0.431. The second-order valence-electron chi connectivity index (χ2n) is 4.38. The molecule has 1 heterocycles. The van der Waals surface area contributed by atoms with E-state index in [1.54, 1.807) is 6.07 Å². The van der Waals surface area contributed by atoms with Gasteiger partial charge in [0.1, 0.15) is 18.2 Å². The number of nitrogens with zero attached hydrogens (tertiary/aromatic N) is 2. The molecule has 6 heteroatoms. The zero-order chi connectivity index (χ0) is 12.2. The molecule has 0 unspecified atom stereocenters. The molecule has 0 aliphatic rings. The maximum absolute atomic E-state index is 8.67. The van der Waals surface area contributed by atoms with Crippen molar-refractivity contribution >= 4 is 5.82 Å². The molecule has 0 atom stereocenters. The summed E-state index contributed by atoms with van der Waals surface area (Å²) in [5.41, 5.74) is 2.27. The number of hydrogen-bond donors (Lipinski definition) is 3. The van der Waals surface area contributed by atoms with Crippen LogP contribution in [0.4, 0.5) is 5.82 Å². The van der Waals surface area contributed by atoms with Crippen LogP contribution in [0.3, 0.4) is 0 Å². The molecule has 1 aromatic heterocycles. The van der Waals surface area contributed by atoms with Crippen LogP contribution in [0.15, 0.2) is 6.07 Å². The van der Waals surface area contributed by atoms with E-state index < -0.39 is 0 Å². The third-order valence-corrected chi connectivity index (χ3v) is 1.86. The minimum atomic E-state index is -0.190. The van der Waals surface area contributed by atoms with E-state index >= 15 is 0 Å². The monoisotopic (exact) mass is 226 g/mol. The summed E-state index contributed by atoms with van der Waals surface area (Å²) >= 11 is 0. The highest BCUT2D eigenvalue weighted by Crippen LogP contribution is 2.22. The molecular formula is C10H18N4O2. The van der Waals surface area contributed by atoms with Crippen molar-refractivity contribution in [1.82, 2.24) is 9.97 Å². The Morgan fingerprint density at radius 2 is 2.12 bits per heavy atom. The Balaban J connectivity index is 3.01. The second-order valence-corrected chi connectivity index (χ2v) is 4.38. The number of nitrogens with two attached hydrogens (primary N) is 1. The summed E-state index contributed by atoms with van der Waals surface area (Å²) in [6.07, 6.45) is 0. The molecule has 4 N–H and O–H groups in total. The number of aromatic nitrogens is 2. The number of hydrazine groups is 1. The number of nitrogens with one attached hydrogen (secondary N) is 1. The Morgan fingerprint density at radius 3 is 2.62 bits per heavy atom. The molecule has 0 spiro atoms. The van der Waals surface area contributed by atoms with Crippen LogP contribution in [0.25, 0.3) is 0 Å². The topological polar surface area (TPSA) is 93.3 Å². The van der Waals surface area contributed by atoms with Gasteiger partial charge >= 0.3 is 0 Å². The van der Waals surface area contributed by atoms with Crippen molar-refractivity contribution in [2.45, 2.75) is 26.2 Å². The molecular weight excluding hydrogens is 208 g/mol. The van der Waals surface area contributed by atoms with Crippen LogP contribution >= 0.6 is 0 Å². The van der Waals surface area contributed by atoms with Gasteiger partial charge < -0.3 is 15.3 Å². The molecule has 0 aliphatic carbocycles. The normalized spacial score (nSPS) is 11.3. The molecule has 0 saturated carbocycles. The van der Waals surface area contributed by atoms with Crippen LogP contribution in [0.5, 0.6) is 5.88 Å². The molecule has 0 aliphatic heterocycles. The van der Waals surface area contributed by atoms with Crippen LogP contribution in [-0.2, 0) is 5.41 Å². The lowest BCUT2D eigenvalue weighted by molar-refractivity contribution is 0.196. The quantitative estimate of drug-likeness (QED) is 0.509. The number of anilines is 1. The van der Waals surface area contributed by atoms with E-state index in [-0.39, 0.29) is 18.6 Å². The SMILES string of the molecule is CC(C)(C)c1nc(NN)cc(OCCO)n1. The summed E-state index contributed by atoms with van der Waals surface area (Å²) in [7, 11) is 0. The van der Waals surface area contributed by atoms with Crippen LogP contribution in [0.1, 0.15) is 26.6 Å². The van der Waals surface area contributed by atoms with Gasteiger partial charge in [-0.3, -0.25) is 0 Å². The van der Waals surface area contributed by atoms with Crippen molar-refractivity contribution in [3.63, 3.8) is 0 Å². The van der Waals surface area contributed by atoms with Gasteiger partial charge in [0.2, 0.25) is 5.88 Å². The van der Waals surface area contributed by atoms with Gasteiger partial charge in [0.25, 0.3) is 0 Å². The molecule has 1 aromatic rings. The first-order chi connectivity index (χ1) is 7.47. The van der Waals surface area contributed by atoms with Crippen LogP contribution in [0, 0.1) is 0 Å². The van der Waals surface area contributed by atoms with Gasteiger partial charge in [0.15, 0.2) is 0 Å². The maximum atomic E-state index is 8.67. The molecule has 0 aromatic carbocycles. The number of aliphatic hydroxyl groups excluding tert-OH is 1. The fraction of sp³-hybridized carbons (Fsp3) is 0.600. The van der Waals surface area contributed by atoms with Gasteiger partial charge in [0.05, 0.1) is 6.61 Å². The van der Waals surface area contributed by atoms with Crippen LogP contribution in [0.2, 0.25) is 0 Å². The smallest absolute Gasteiger partial charge is 0.218 e. The van der Waals surface area contributed by atoms with Gasteiger partial charge in [-0.25, -0.2) is 10.8 Å². The molecule has 0 fully saturated rings. The van der Waals surface area contributed by atoms with Crippen molar-refractivity contribution in [3.8, 4) is 5.88 Å². The Bertz CT molecular complexity index is 349. The van der Waals surface area contributed by atoms with E-state index in [2.05, 4.69) is 15.4 Å². The van der Waals surface area contributed by atoms with E-state index in [1.165, 1.54) is 0 Å². The predicted molar refractivity (Wildman–Crippen MR) is 61.1 cm³/mol. The molecule has 0 amide bonds. The Labute approximate surface area is 94.8 Å². The number of rotatable bonds is 4. The van der Waals surface area contributed by atoms with Gasteiger partial charge in [-0.05, 0) is 0 Å². The average molecular weight is 226 g/mol. The van der Waals surface area contributed by atoms with E-state index in [1.807, 2.05) is 20.8 Å². The Hall–Kier alpha value is -1.40.